The van der Waals surface area contributed by atoms with Crippen LogP contribution in [0.25, 0.3) is 0 Å². The maximum absolute atomic E-state index is 12.8. The zero-order valence-electron chi connectivity index (χ0n) is 17.4. The third-order valence-electron chi connectivity index (χ3n) is 4.80. The van der Waals surface area contributed by atoms with E-state index in [0.717, 1.165) is 12.0 Å². The van der Waals surface area contributed by atoms with E-state index in [9.17, 15) is 14.9 Å². The minimum atomic E-state index is -0.607. The Morgan fingerprint density at radius 1 is 1.14 bits per heavy atom. The van der Waals surface area contributed by atoms with Gasteiger partial charge in [0.05, 0.1) is 31.3 Å². The van der Waals surface area contributed by atoms with Gasteiger partial charge in [-0.2, -0.15) is 0 Å². The molecule has 0 heterocycles. The molecule has 0 spiro atoms. The van der Waals surface area contributed by atoms with Crippen LogP contribution < -0.4 is 14.8 Å². The van der Waals surface area contributed by atoms with Crippen LogP contribution >= 0.6 is 0 Å². The molecular weight excluding hydrogens is 374 g/mol. The molecule has 0 aliphatic heterocycles. The van der Waals surface area contributed by atoms with Crippen molar-refractivity contribution in [3.8, 4) is 11.5 Å². The van der Waals surface area contributed by atoms with Crippen LogP contribution in [0, 0.1) is 10.1 Å². The molecule has 0 aromatic heterocycles. The Hall–Kier alpha value is -3.13. The van der Waals surface area contributed by atoms with Crippen molar-refractivity contribution in [1.29, 1.82) is 0 Å². The third kappa shape index (κ3) is 5.23. The van der Waals surface area contributed by atoms with Crippen molar-refractivity contribution in [1.82, 2.24) is 10.2 Å². The van der Waals surface area contributed by atoms with E-state index in [1.807, 2.05) is 31.1 Å². The molecule has 8 heteroatoms. The van der Waals surface area contributed by atoms with Crippen molar-refractivity contribution in [2.24, 2.45) is 0 Å². The van der Waals surface area contributed by atoms with Crippen LogP contribution in [0.4, 0.5) is 5.69 Å². The lowest BCUT2D eigenvalue weighted by Gasteiger charge is -2.25. The number of hydrogen-bond donors (Lipinski definition) is 1. The number of ether oxygens (including phenoxy) is 2. The predicted molar refractivity (Wildman–Crippen MR) is 111 cm³/mol. The highest BCUT2D eigenvalue weighted by molar-refractivity contribution is 5.99. The van der Waals surface area contributed by atoms with E-state index in [2.05, 4.69) is 24.4 Å². The van der Waals surface area contributed by atoms with E-state index in [4.69, 9.17) is 9.47 Å². The zero-order valence-corrected chi connectivity index (χ0v) is 17.4. The van der Waals surface area contributed by atoms with E-state index >= 15 is 0 Å². The summed E-state index contributed by atoms with van der Waals surface area (Å²) in [6.45, 7) is 2.39. The largest absolute Gasteiger partial charge is 0.493 e. The summed E-state index contributed by atoms with van der Waals surface area (Å²) in [7, 11) is 6.63. The summed E-state index contributed by atoms with van der Waals surface area (Å²) in [4.78, 5) is 25.6. The lowest BCUT2D eigenvalue weighted by atomic mass is 10.0. The molecule has 1 atom stereocenters. The smallest absolute Gasteiger partial charge is 0.286 e. The fraction of sp³-hybridized carbons (Fsp3) is 0.381. The highest BCUT2D eigenvalue weighted by Gasteiger charge is 2.25. The normalized spacial score (nSPS) is 11.8. The number of rotatable bonds is 9. The maximum atomic E-state index is 12.8. The summed E-state index contributed by atoms with van der Waals surface area (Å²) < 4.78 is 10.3. The monoisotopic (exact) mass is 401 g/mol. The van der Waals surface area contributed by atoms with Gasteiger partial charge in [0, 0.05) is 12.6 Å². The van der Waals surface area contributed by atoms with Gasteiger partial charge in [0.25, 0.3) is 11.6 Å². The van der Waals surface area contributed by atoms with E-state index in [1.165, 1.54) is 31.9 Å². The van der Waals surface area contributed by atoms with Crippen LogP contribution in [-0.4, -0.2) is 50.6 Å². The Morgan fingerprint density at radius 2 is 1.72 bits per heavy atom. The summed E-state index contributed by atoms with van der Waals surface area (Å²) in [6, 6.07) is 10.6. The van der Waals surface area contributed by atoms with Gasteiger partial charge in [-0.1, -0.05) is 31.2 Å². The Morgan fingerprint density at radius 3 is 2.21 bits per heavy atom. The van der Waals surface area contributed by atoms with Crippen LogP contribution in [0.15, 0.2) is 36.4 Å². The molecule has 29 heavy (non-hydrogen) atoms. The van der Waals surface area contributed by atoms with Gasteiger partial charge in [0.1, 0.15) is 5.56 Å². The Labute approximate surface area is 170 Å². The van der Waals surface area contributed by atoms with E-state index < -0.39 is 10.8 Å². The van der Waals surface area contributed by atoms with Gasteiger partial charge in [-0.25, -0.2) is 0 Å². The highest BCUT2D eigenvalue weighted by atomic mass is 16.6. The number of nitro groups is 1. The molecule has 0 saturated heterocycles. The lowest BCUT2D eigenvalue weighted by Crippen LogP contribution is -2.34. The minimum Gasteiger partial charge on any atom is -0.493 e. The molecule has 0 saturated carbocycles. The van der Waals surface area contributed by atoms with Gasteiger partial charge in [0.2, 0.25) is 0 Å². The van der Waals surface area contributed by atoms with Crippen molar-refractivity contribution < 1.29 is 19.2 Å². The van der Waals surface area contributed by atoms with Crippen LogP contribution in [-0.2, 0) is 6.42 Å². The number of benzene rings is 2. The second kappa shape index (κ2) is 9.88. The average molecular weight is 401 g/mol. The van der Waals surface area contributed by atoms with Gasteiger partial charge < -0.3 is 19.7 Å². The predicted octanol–water partition coefficient (Wildman–Crippen LogP) is 3.21. The number of hydrogen-bond acceptors (Lipinski definition) is 6. The first-order valence-corrected chi connectivity index (χ1v) is 9.26. The number of nitro benzene ring substituents is 1. The summed E-state index contributed by atoms with van der Waals surface area (Å²) in [5.74, 6) is -0.102. The first-order valence-electron chi connectivity index (χ1n) is 9.26. The number of carbonyl (C=O) groups excluding carboxylic acids is 1. The van der Waals surface area contributed by atoms with Gasteiger partial charge in [-0.05, 0) is 31.6 Å². The molecule has 156 valence electrons. The third-order valence-corrected chi connectivity index (χ3v) is 4.80. The summed E-state index contributed by atoms with van der Waals surface area (Å²) >= 11 is 0. The van der Waals surface area contributed by atoms with Gasteiger partial charge in [-0.3, -0.25) is 14.9 Å². The first kappa shape index (κ1) is 22.2. The molecule has 0 radical (unpaired) electrons. The second-order valence-corrected chi connectivity index (χ2v) is 6.77. The number of nitrogens with zero attached hydrogens (tertiary/aromatic N) is 2. The fourth-order valence-corrected chi connectivity index (χ4v) is 3.06. The number of amides is 1. The zero-order chi connectivity index (χ0) is 21.6. The number of likely N-dealkylation sites (N-methyl/N-ethyl adjacent to an activating group) is 1. The van der Waals surface area contributed by atoms with Crippen molar-refractivity contribution in [3.05, 3.63) is 63.2 Å². The Bertz CT molecular complexity index is 865. The van der Waals surface area contributed by atoms with E-state index in [0.29, 0.717) is 6.54 Å². The Balaban J connectivity index is 2.26. The van der Waals surface area contributed by atoms with E-state index in [1.54, 1.807) is 0 Å². The number of methoxy groups -OCH3 is 2. The molecule has 1 unspecified atom stereocenters. The van der Waals surface area contributed by atoms with Crippen molar-refractivity contribution in [3.63, 3.8) is 0 Å². The molecule has 2 aromatic rings. The van der Waals surface area contributed by atoms with Crippen molar-refractivity contribution >= 4 is 11.6 Å². The van der Waals surface area contributed by atoms with Crippen LogP contribution in [0.3, 0.4) is 0 Å². The van der Waals surface area contributed by atoms with Gasteiger partial charge >= 0.3 is 0 Å². The van der Waals surface area contributed by atoms with Gasteiger partial charge in [-0.15, -0.1) is 0 Å². The summed E-state index contributed by atoms with van der Waals surface area (Å²) in [6.07, 6.45) is 0.951. The average Bonchev–Trinajstić information content (AvgIpc) is 2.72. The number of nitrogens with one attached hydrogen (secondary N) is 1. The molecule has 0 aliphatic carbocycles. The molecular formula is C21H27N3O5. The quantitative estimate of drug-likeness (QED) is 0.512. The Kier molecular flexibility index (Phi) is 7.55. The minimum absolute atomic E-state index is 0.0773. The second-order valence-electron chi connectivity index (χ2n) is 6.77. The van der Waals surface area contributed by atoms with Crippen molar-refractivity contribution in [2.75, 3.05) is 34.9 Å². The first-order chi connectivity index (χ1) is 13.8. The van der Waals surface area contributed by atoms with Gasteiger partial charge in [0.15, 0.2) is 11.5 Å². The molecule has 2 aromatic carbocycles. The molecule has 8 nitrogen and oxygen atoms in total. The number of aryl methyl sites for hydroxylation is 1. The van der Waals surface area contributed by atoms with Crippen LogP contribution in [0.1, 0.15) is 34.5 Å². The van der Waals surface area contributed by atoms with Crippen LogP contribution in [0.2, 0.25) is 0 Å². The van der Waals surface area contributed by atoms with Crippen molar-refractivity contribution in [2.45, 2.75) is 19.4 Å². The lowest BCUT2D eigenvalue weighted by molar-refractivity contribution is -0.385. The molecule has 0 aliphatic rings. The molecule has 1 N–H and O–H groups in total. The molecule has 2 rings (SSSR count). The molecule has 1 amide bonds. The number of carbonyl (C=O) groups is 1. The maximum Gasteiger partial charge on any atom is 0.286 e. The van der Waals surface area contributed by atoms with Crippen LogP contribution in [0.5, 0.6) is 11.5 Å². The molecule has 0 bridgehead atoms. The summed E-state index contributed by atoms with van der Waals surface area (Å²) in [5, 5.41) is 14.3. The highest BCUT2D eigenvalue weighted by Crippen LogP contribution is 2.34. The van der Waals surface area contributed by atoms with E-state index in [-0.39, 0.29) is 28.8 Å². The summed E-state index contributed by atoms with van der Waals surface area (Å²) in [5.41, 5.74) is 1.87. The standard InChI is InChI=1S/C21H27N3O5/c1-6-14-7-9-15(10-8-14)18(23(2)3)13-22-21(25)16-11-19(28-4)20(29-5)12-17(16)24(26)27/h7-12,18H,6,13H2,1-5H3,(H,22,25). The fourth-order valence-electron chi connectivity index (χ4n) is 3.06. The SMILES string of the molecule is CCc1ccc(C(CNC(=O)c2cc(OC)c(OC)cc2[N+](=O)[O-])N(C)C)cc1. The molecule has 0 fully saturated rings. The topological polar surface area (TPSA) is 93.9 Å².